The van der Waals surface area contributed by atoms with E-state index in [2.05, 4.69) is 0 Å². The van der Waals surface area contributed by atoms with Crippen LogP contribution >= 0.6 is 0 Å². The Labute approximate surface area is 100 Å². The van der Waals surface area contributed by atoms with Crippen LogP contribution in [0.3, 0.4) is 0 Å². The molecule has 0 atom stereocenters. The Kier molecular flexibility index (Phi) is 3.62. The number of aromatic hydroxyl groups is 1. The lowest BCUT2D eigenvalue weighted by Crippen LogP contribution is -1.94. The zero-order valence-electron chi connectivity index (χ0n) is 9.47. The monoisotopic (exact) mass is 229 g/mol. The molecule has 0 aliphatic carbocycles. The summed E-state index contributed by atoms with van der Waals surface area (Å²) in [7, 11) is 0. The minimum Gasteiger partial charge on any atom is -0.508 e. The van der Waals surface area contributed by atoms with E-state index >= 15 is 0 Å². The average molecular weight is 229 g/mol. The number of phenolic OH excluding ortho intramolecular Hbond substituents is 1. The van der Waals surface area contributed by atoms with Crippen LogP contribution in [0.2, 0.25) is 0 Å². The van der Waals surface area contributed by atoms with Crippen molar-refractivity contribution in [3.8, 4) is 5.75 Å². The molecule has 0 unspecified atom stereocenters. The van der Waals surface area contributed by atoms with Gasteiger partial charge in [-0.25, -0.2) is 0 Å². The summed E-state index contributed by atoms with van der Waals surface area (Å²) in [5.74, 6) is 0.271. The quantitative estimate of drug-likeness (QED) is 0.792. The fourth-order valence-corrected chi connectivity index (χ4v) is 1.49. The van der Waals surface area contributed by atoms with Gasteiger partial charge in [-0.15, -0.1) is 0 Å². The summed E-state index contributed by atoms with van der Waals surface area (Å²) in [4.78, 5) is 0. The van der Waals surface area contributed by atoms with Crippen LogP contribution in [0, 0.1) is 0 Å². The van der Waals surface area contributed by atoms with E-state index < -0.39 is 0 Å². The van der Waals surface area contributed by atoms with E-state index in [0.717, 1.165) is 16.8 Å². The highest BCUT2D eigenvalue weighted by atomic mass is 16.5. The molecule has 3 heteroatoms. The van der Waals surface area contributed by atoms with Crippen molar-refractivity contribution >= 4 is 5.69 Å². The van der Waals surface area contributed by atoms with Gasteiger partial charge in [-0.2, -0.15) is 0 Å². The molecule has 2 aromatic rings. The molecule has 0 aliphatic rings. The van der Waals surface area contributed by atoms with Crippen LogP contribution in [-0.4, -0.2) is 5.11 Å². The number of phenols is 1. The molecular weight excluding hydrogens is 214 g/mol. The molecule has 17 heavy (non-hydrogen) atoms. The smallest absolute Gasteiger partial charge is 0.115 e. The third kappa shape index (κ3) is 3.50. The molecular formula is C14H15NO2. The highest BCUT2D eigenvalue weighted by Gasteiger charge is 1.96. The highest BCUT2D eigenvalue weighted by molar-refractivity contribution is 5.39. The summed E-state index contributed by atoms with van der Waals surface area (Å²) in [5.41, 5.74) is 8.49. The fraction of sp³-hybridized carbons (Fsp3) is 0.143. The van der Waals surface area contributed by atoms with Crippen molar-refractivity contribution in [1.82, 2.24) is 0 Å². The molecule has 0 spiro atoms. The maximum atomic E-state index is 9.13. The first-order valence-electron chi connectivity index (χ1n) is 5.44. The number of anilines is 1. The summed E-state index contributed by atoms with van der Waals surface area (Å²) in [6.07, 6.45) is 0. The third-order valence-corrected chi connectivity index (χ3v) is 2.45. The standard InChI is InChI=1S/C14H15NO2/c15-13-5-1-11(2-6-13)9-17-10-12-3-7-14(16)8-4-12/h1-8,16H,9-10,15H2. The summed E-state index contributed by atoms with van der Waals surface area (Å²) in [5, 5.41) is 9.13. The second-order valence-corrected chi connectivity index (χ2v) is 3.90. The van der Waals surface area contributed by atoms with E-state index in [-0.39, 0.29) is 5.75 Å². The normalized spacial score (nSPS) is 10.4. The van der Waals surface area contributed by atoms with Crippen molar-refractivity contribution in [2.75, 3.05) is 5.73 Å². The van der Waals surface area contributed by atoms with Crippen molar-refractivity contribution in [2.45, 2.75) is 13.2 Å². The van der Waals surface area contributed by atoms with E-state index in [4.69, 9.17) is 15.6 Å². The number of rotatable bonds is 4. The van der Waals surface area contributed by atoms with Gasteiger partial charge in [0.05, 0.1) is 13.2 Å². The average Bonchev–Trinajstić information content (AvgIpc) is 2.34. The number of nitrogen functional groups attached to an aromatic ring is 1. The van der Waals surface area contributed by atoms with E-state index in [0.29, 0.717) is 13.2 Å². The van der Waals surface area contributed by atoms with Gasteiger partial charge in [-0.3, -0.25) is 0 Å². The molecule has 0 fully saturated rings. The Bertz CT molecular complexity index is 417. The number of hydrogen-bond donors (Lipinski definition) is 2. The van der Waals surface area contributed by atoms with Crippen LogP contribution in [0.25, 0.3) is 0 Å². The fourth-order valence-electron chi connectivity index (χ4n) is 1.49. The van der Waals surface area contributed by atoms with Crippen molar-refractivity contribution in [1.29, 1.82) is 0 Å². The minimum absolute atomic E-state index is 0.271. The van der Waals surface area contributed by atoms with E-state index in [1.807, 2.05) is 36.4 Å². The van der Waals surface area contributed by atoms with Crippen LogP contribution in [-0.2, 0) is 18.0 Å². The maximum absolute atomic E-state index is 9.13. The second-order valence-electron chi connectivity index (χ2n) is 3.90. The summed E-state index contributed by atoms with van der Waals surface area (Å²) >= 11 is 0. The van der Waals surface area contributed by atoms with Crippen LogP contribution in [0.5, 0.6) is 5.75 Å². The maximum Gasteiger partial charge on any atom is 0.115 e. The molecule has 0 saturated heterocycles. The molecule has 0 bridgehead atoms. The van der Waals surface area contributed by atoms with Crippen LogP contribution < -0.4 is 5.73 Å². The van der Waals surface area contributed by atoms with Crippen LogP contribution in [0.15, 0.2) is 48.5 Å². The predicted molar refractivity (Wildman–Crippen MR) is 67.5 cm³/mol. The van der Waals surface area contributed by atoms with Gasteiger partial charge in [0, 0.05) is 5.69 Å². The molecule has 88 valence electrons. The van der Waals surface area contributed by atoms with Gasteiger partial charge in [0.2, 0.25) is 0 Å². The molecule has 0 amide bonds. The zero-order valence-corrected chi connectivity index (χ0v) is 9.47. The van der Waals surface area contributed by atoms with Gasteiger partial charge in [0.1, 0.15) is 5.75 Å². The predicted octanol–water partition coefficient (Wildman–Crippen LogP) is 2.69. The van der Waals surface area contributed by atoms with E-state index in [1.54, 1.807) is 12.1 Å². The van der Waals surface area contributed by atoms with Crippen molar-refractivity contribution in [2.24, 2.45) is 0 Å². The number of ether oxygens (including phenoxy) is 1. The van der Waals surface area contributed by atoms with Crippen molar-refractivity contribution in [3.63, 3.8) is 0 Å². The molecule has 0 aromatic heterocycles. The number of hydrogen-bond acceptors (Lipinski definition) is 3. The summed E-state index contributed by atoms with van der Waals surface area (Å²) in [6.45, 7) is 1.09. The van der Waals surface area contributed by atoms with Crippen LogP contribution in [0.4, 0.5) is 5.69 Å². The molecule has 3 nitrogen and oxygen atoms in total. The lowest BCUT2D eigenvalue weighted by Gasteiger charge is -2.05. The molecule has 0 radical (unpaired) electrons. The largest absolute Gasteiger partial charge is 0.508 e. The molecule has 2 aromatic carbocycles. The van der Waals surface area contributed by atoms with Crippen LogP contribution in [0.1, 0.15) is 11.1 Å². The first-order chi connectivity index (χ1) is 8.24. The molecule has 0 heterocycles. The van der Waals surface area contributed by atoms with Crippen molar-refractivity contribution < 1.29 is 9.84 Å². The lowest BCUT2D eigenvalue weighted by atomic mass is 10.2. The molecule has 0 aliphatic heterocycles. The van der Waals surface area contributed by atoms with Gasteiger partial charge in [0.15, 0.2) is 0 Å². The molecule has 3 N–H and O–H groups in total. The Morgan fingerprint density at radius 1 is 0.824 bits per heavy atom. The Hall–Kier alpha value is -2.00. The lowest BCUT2D eigenvalue weighted by molar-refractivity contribution is 0.107. The Morgan fingerprint density at radius 2 is 1.29 bits per heavy atom. The Balaban J connectivity index is 1.83. The van der Waals surface area contributed by atoms with Gasteiger partial charge < -0.3 is 15.6 Å². The molecule has 0 saturated carbocycles. The zero-order chi connectivity index (χ0) is 12.1. The third-order valence-electron chi connectivity index (χ3n) is 2.45. The SMILES string of the molecule is Nc1ccc(COCc2ccc(O)cc2)cc1. The Morgan fingerprint density at radius 3 is 1.82 bits per heavy atom. The topological polar surface area (TPSA) is 55.5 Å². The summed E-state index contributed by atoms with van der Waals surface area (Å²) < 4.78 is 5.56. The van der Waals surface area contributed by atoms with Gasteiger partial charge >= 0.3 is 0 Å². The van der Waals surface area contributed by atoms with Gasteiger partial charge in [-0.05, 0) is 35.4 Å². The second kappa shape index (κ2) is 5.37. The number of nitrogens with two attached hydrogens (primary N) is 1. The van der Waals surface area contributed by atoms with E-state index in [9.17, 15) is 0 Å². The summed E-state index contributed by atoms with van der Waals surface area (Å²) in [6, 6.07) is 14.6. The minimum atomic E-state index is 0.271. The first kappa shape index (κ1) is 11.5. The van der Waals surface area contributed by atoms with Crippen molar-refractivity contribution in [3.05, 3.63) is 59.7 Å². The van der Waals surface area contributed by atoms with Gasteiger partial charge in [0.25, 0.3) is 0 Å². The molecule has 2 rings (SSSR count). The first-order valence-corrected chi connectivity index (χ1v) is 5.44. The van der Waals surface area contributed by atoms with E-state index in [1.165, 1.54) is 0 Å². The number of benzene rings is 2. The van der Waals surface area contributed by atoms with Gasteiger partial charge in [-0.1, -0.05) is 24.3 Å². The highest BCUT2D eigenvalue weighted by Crippen LogP contribution is 2.12.